The van der Waals surface area contributed by atoms with Crippen molar-refractivity contribution >= 4 is 11.6 Å². The maximum atomic E-state index is 14.6. The van der Waals surface area contributed by atoms with Crippen LogP contribution in [0.1, 0.15) is 49.7 Å². The molecule has 1 saturated carbocycles. The number of hydrogen-bond acceptors (Lipinski definition) is 6. The minimum absolute atomic E-state index is 0.0131. The van der Waals surface area contributed by atoms with Gasteiger partial charge in [-0.2, -0.15) is 10.5 Å². The average Bonchev–Trinajstić information content (AvgIpc) is 3.67. The Labute approximate surface area is 241 Å². The van der Waals surface area contributed by atoms with Gasteiger partial charge in [-0.25, -0.2) is 4.39 Å². The second kappa shape index (κ2) is 11.8. The molecule has 3 aliphatic heterocycles. The van der Waals surface area contributed by atoms with Gasteiger partial charge in [-0.3, -0.25) is 4.79 Å². The molecule has 0 aromatic heterocycles. The Hall–Kier alpha value is -3.46. The summed E-state index contributed by atoms with van der Waals surface area (Å²) in [6.07, 6.45) is 4.79. The van der Waals surface area contributed by atoms with Crippen molar-refractivity contribution in [2.45, 2.75) is 56.1 Å². The number of nitrogens with one attached hydrogen (secondary N) is 1. The van der Waals surface area contributed by atoms with Crippen molar-refractivity contribution in [3.05, 3.63) is 65.5 Å². The van der Waals surface area contributed by atoms with Crippen LogP contribution in [0, 0.1) is 46.2 Å². The second-order valence-corrected chi connectivity index (χ2v) is 12.4. The summed E-state index contributed by atoms with van der Waals surface area (Å²) in [5, 5.41) is 23.2. The summed E-state index contributed by atoms with van der Waals surface area (Å²) in [5.41, 5.74) is 1.75. The van der Waals surface area contributed by atoms with Crippen LogP contribution in [0.15, 0.2) is 48.5 Å². The van der Waals surface area contributed by atoms with E-state index in [0.29, 0.717) is 24.5 Å². The van der Waals surface area contributed by atoms with Crippen molar-refractivity contribution in [2.24, 2.45) is 17.8 Å². The number of nitrogens with zero attached hydrogens (tertiary/aromatic N) is 4. The highest BCUT2D eigenvalue weighted by Gasteiger charge is 2.52. The monoisotopic (exact) mass is 555 g/mol. The topological polar surface area (TPSA) is 95.7 Å². The number of carbonyl (C=O) groups is 1. The van der Waals surface area contributed by atoms with Gasteiger partial charge in [-0.15, -0.1) is 0 Å². The first kappa shape index (κ1) is 27.7. The fourth-order valence-corrected chi connectivity index (χ4v) is 7.65. The van der Waals surface area contributed by atoms with E-state index in [1.54, 1.807) is 12.1 Å². The number of hydrogen-bond donors (Lipinski definition) is 1. The molecular formula is C33H38FN5O2. The minimum Gasteiger partial charge on any atom is -0.373 e. The van der Waals surface area contributed by atoms with Gasteiger partial charge >= 0.3 is 0 Å². The molecule has 41 heavy (non-hydrogen) atoms. The van der Waals surface area contributed by atoms with E-state index in [9.17, 15) is 14.4 Å². The van der Waals surface area contributed by atoms with Crippen LogP contribution in [0.3, 0.4) is 0 Å². The lowest BCUT2D eigenvalue weighted by Gasteiger charge is -2.48. The largest absolute Gasteiger partial charge is 0.373 e. The Morgan fingerprint density at radius 1 is 1.07 bits per heavy atom. The Morgan fingerprint density at radius 2 is 1.83 bits per heavy atom. The lowest BCUT2D eigenvalue weighted by atomic mass is 9.59. The van der Waals surface area contributed by atoms with E-state index in [1.807, 2.05) is 30.3 Å². The first-order chi connectivity index (χ1) is 20.0. The number of amides is 1. The number of epoxide rings is 1. The normalized spacial score (nSPS) is 26.4. The Kier molecular flexibility index (Phi) is 7.97. The van der Waals surface area contributed by atoms with E-state index in [0.717, 1.165) is 76.1 Å². The molecule has 0 radical (unpaired) electrons. The first-order valence-electron chi connectivity index (χ1n) is 15.0. The highest BCUT2D eigenvalue weighted by molar-refractivity contribution is 5.77. The number of ether oxygens (including phenoxy) is 1. The molecule has 1 N–H and O–H groups in total. The van der Waals surface area contributed by atoms with Crippen LogP contribution in [0.5, 0.6) is 0 Å². The summed E-state index contributed by atoms with van der Waals surface area (Å²) < 4.78 is 19.8. The van der Waals surface area contributed by atoms with Crippen molar-refractivity contribution in [2.75, 3.05) is 44.2 Å². The van der Waals surface area contributed by atoms with Crippen LogP contribution in [0.4, 0.5) is 10.1 Å². The third-order valence-electron chi connectivity index (χ3n) is 9.82. The highest BCUT2D eigenvalue weighted by Crippen LogP contribution is 2.50. The van der Waals surface area contributed by atoms with Crippen LogP contribution < -0.4 is 10.2 Å². The van der Waals surface area contributed by atoms with Crippen molar-refractivity contribution in [3.63, 3.8) is 0 Å². The van der Waals surface area contributed by atoms with Gasteiger partial charge in [0.15, 0.2) is 0 Å². The third-order valence-corrected chi connectivity index (χ3v) is 9.82. The maximum absolute atomic E-state index is 14.6. The van der Waals surface area contributed by atoms with Gasteiger partial charge in [0.25, 0.3) is 0 Å². The summed E-state index contributed by atoms with van der Waals surface area (Å²) in [6, 6.07) is 19.2. The van der Waals surface area contributed by atoms with Crippen LogP contribution in [-0.2, 0) is 14.9 Å². The van der Waals surface area contributed by atoms with E-state index in [-0.39, 0.29) is 35.7 Å². The molecule has 6 rings (SSSR count). The van der Waals surface area contributed by atoms with Gasteiger partial charge in [-0.05, 0) is 86.7 Å². The summed E-state index contributed by atoms with van der Waals surface area (Å²) in [5.74, 6) is 0.302. The molecule has 0 bridgehead atoms. The van der Waals surface area contributed by atoms with Gasteiger partial charge in [0, 0.05) is 43.2 Å². The SMILES string of the molecule is N#Cc1ccc(N2CC(CN3CCC([C@@](C#N)(c4cccc(F)c4)[C@H]4CCC[C@@H]4NC(=O)C[C@@H]4CO4)CC3)C2)cc1. The number of benzene rings is 2. The lowest BCUT2D eigenvalue weighted by Crippen LogP contribution is -2.55. The van der Waals surface area contributed by atoms with Crippen LogP contribution >= 0.6 is 0 Å². The molecule has 3 heterocycles. The average molecular weight is 556 g/mol. The molecule has 2 aromatic carbocycles. The van der Waals surface area contributed by atoms with Crippen molar-refractivity contribution < 1.29 is 13.9 Å². The summed E-state index contributed by atoms with van der Waals surface area (Å²) >= 11 is 0. The summed E-state index contributed by atoms with van der Waals surface area (Å²) in [6.45, 7) is 5.52. The van der Waals surface area contributed by atoms with Gasteiger partial charge in [-0.1, -0.05) is 18.6 Å². The molecule has 2 aromatic rings. The molecule has 4 atom stereocenters. The number of halogens is 1. The fourth-order valence-electron chi connectivity index (χ4n) is 7.65. The summed E-state index contributed by atoms with van der Waals surface area (Å²) in [7, 11) is 0. The molecule has 0 unspecified atom stereocenters. The molecule has 1 amide bonds. The Balaban J connectivity index is 1.12. The standard InChI is InChI=1S/C33H38FN5O2/c34-27-4-1-3-26(15-27)33(22-36,30-5-2-6-31(30)37-32(40)16-29-21-41-29)25-11-13-38(14-12-25)18-24-19-39(20-24)28-9-7-23(17-35)8-10-28/h1,3-4,7-10,15,24-25,29-31H,2,5-6,11-14,16,18-21H2,(H,37,40)/t29-,30+,31+,33+/m1/s1. The molecule has 3 saturated heterocycles. The number of carbonyl (C=O) groups excluding carboxylic acids is 1. The number of rotatable bonds is 9. The first-order valence-corrected chi connectivity index (χ1v) is 15.0. The zero-order valence-corrected chi connectivity index (χ0v) is 23.5. The number of nitriles is 2. The fraction of sp³-hybridized carbons (Fsp3) is 0.545. The molecule has 7 nitrogen and oxygen atoms in total. The third kappa shape index (κ3) is 5.82. The number of likely N-dealkylation sites (tertiary alicyclic amines) is 1. The van der Waals surface area contributed by atoms with Gasteiger partial charge < -0.3 is 19.9 Å². The van der Waals surface area contributed by atoms with Gasteiger partial charge in [0.05, 0.1) is 42.2 Å². The van der Waals surface area contributed by atoms with E-state index >= 15 is 0 Å². The van der Waals surface area contributed by atoms with E-state index < -0.39 is 5.41 Å². The molecule has 214 valence electrons. The predicted molar refractivity (Wildman–Crippen MR) is 153 cm³/mol. The number of piperidine rings is 1. The summed E-state index contributed by atoms with van der Waals surface area (Å²) in [4.78, 5) is 17.6. The van der Waals surface area contributed by atoms with Crippen LogP contribution in [-0.4, -0.2) is 62.3 Å². The van der Waals surface area contributed by atoms with Crippen LogP contribution in [0.25, 0.3) is 0 Å². The minimum atomic E-state index is -0.846. The lowest BCUT2D eigenvalue weighted by molar-refractivity contribution is -0.122. The van der Waals surface area contributed by atoms with E-state index in [2.05, 4.69) is 27.3 Å². The molecule has 4 aliphatic rings. The number of anilines is 1. The van der Waals surface area contributed by atoms with E-state index in [4.69, 9.17) is 10.00 Å². The van der Waals surface area contributed by atoms with Crippen molar-refractivity contribution in [1.82, 2.24) is 10.2 Å². The quantitative estimate of drug-likeness (QED) is 0.462. The predicted octanol–water partition coefficient (Wildman–Crippen LogP) is 4.38. The second-order valence-electron chi connectivity index (χ2n) is 12.4. The molecule has 1 aliphatic carbocycles. The van der Waals surface area contributed by atoms with Gasteiger partial charge in [0.2, 0.25) is 5.91 Å². The van der Waals surface area contributed by atoms with Gasteiger partial charge in [0.1, 0.15) is 5.82 Å². The molecular weight excluding hydrogens is 517 g/mol. The zero-order valence-electron chi connectivity index (χ0n) is 23.5. The zero-order chi connectivity index (χ0) is 28.4. The Morgan fingerprint density at radius 3 is 2.49 bits per heavy atom. The highest BCUT2D eigenvalue weighted by atomic mass is 19.1. The van der Waals surface area contributed by atoms with Crippen molar-refractivity contribution in [3.8, 4) is 12.1 Å². The maximum Gasteiger partial charge on any atom is 0.222 e. The van der Waals surface area contributed by atoms with Crippen LogP contribution in [0.2, 0.25) is 0 Å². The molecule has 0 spiro atoms. The van der Waals surface area contributed by atoms with E-state index in [1.165, 1.54) is 6.07 Å². The molecule has 4 fully saturated rings. The molecule has 8 heteroatoms. The van der Waals surface area contributed by atoms with Crippen molar-refractivity contribution in [1.29, 1.82) is 10.5 Å². The Bertz CT molecular complexity index is 1320. The smallest absolute Gasteiger partial charge is 0.222 e.